The van der Waals surface area contributed by atoms with Gasteiger partial charge in [0.2, 0.25) is 0 Å². The van der Waals surface area contributed by atoms with Crippen LogP contribution in [0.1, 0.15) is 16.1 Å². The van der Waals surface area contributed by atoms with Crippen LogP contribution in [0.2, 0.25) is 5.02 Å². The van der Waals surface area contributed by atoms with Crippen molar-refractivity contribution in [3.05, 3.63) is 52.7 Å². The highest BCUT2D eigenvalue weighted by atomic mass is 35.5. The van der Waals surface area contributed by atoms with E-state index in [-0.39, 0.29) is 17.4 Å². The third-order valence-electron chi connectivity index (χ3n) is 2.53. The average Bonchev–Trinajstić information content (AvgIpc) is 2.41. The molecule has 6 heteroatoms. The highest BCUT2D eigenvalue weighted by Crippen LogP contribution is 2.09. The Balaban J connectivity index is 1.84. The van der Waals surface area contributed by atoms with Crippen molar-refractivity contribution in [2.24, 2.45) is 0 Å². The molecule has 0 fully saturated rings. The Bertz CT molecular complexity index is 554. The summed E-state index contributed by atoms with van der Waals surface area (Å²) in [6, 6.07) is 10.6. The second-order valence-corrected chi connectivity index (χ2v) is 4.41. The van der Waals surface area contributed by atoms with E-state index in [0.29, 0.717) is 11.6 Å². The number of amides is 1. The zero-order valence-electron chi connectivity index (χ0n) is 10.1. The zero-order valence-corrected chi connectivity index (χ0v) is 10.9. The lowest BCUT2D eigenvalue weighted by molar-refractivity contribution is 0.0948. The number of nitrogens with two attached hydrogens (primary N) is 1. The van der Waals surface area contributed by atoms with Crippen LogP contribution < -0.4 is 11.1 Å². The van der Waals surface area contributed by atoms with E-state index >= 15 is 0 Å². The Labute approximate surface area is 115 Å². The summed E-state index contributed by atoms with van der Waals surface area (Å²) in [5, 5.41) is 10.8. The van der Waals surface area contributed by atoms with Gasteiger partial charge in [0.15, 0.2) is 5.69 Å². The second kappa shape index (κ2) is 6.15. The molecule has 2 aromatic rings. The molecule has 0 saturated heterocycles. The third-order valence-corrected chi connectivity index (χ3v) is 2.78. The van der Waals surface area contributed by atoms with Gasteiger partial charge in [-0.3, -0.25) is 4.79 Å². The Kier molecular flexibility index (Phi) is 4.30. The fraction of sp³-hybridized carbons (Fsp3) is 0.154. The van der Waals surface area contributed by atoms with Crippen molar-refractivity contribution < 1.29 is 4.79 Å². The van der Waals surface area contributed by atoms with E-state index in [9.17, 15) is 4.79 Å². The van der Waals surface area contributed by atoms with Crippen LogP contribution in [0.5, 0.6) is 0 Å². The van der Waals surface area contributed by atoms with E-state index in [1.165, 1.54) is 0 Å². The maximum atomic E-state index is 11.7. The van der Waals surface area contributed by atoms with Crippen LogP contribution in [-0.4, -0.2) is 22.6 Å². The summed E-state index contributed by atoms with van der Waals surface area (Å²) in [6.45, 7) is 0.520. The number of aromatic nitrogens is 2. The first kappa shape index (κ1) is 13.3. The van der Waals surface area contributed by atoms with E-state index in [2.05, 4.69) is 15.5 Å². The summed E-state index contributed by atoms with van der Waals surface area (Å²) in [7, 11) is 0. The highest BCUT2D eigenvalue weighted by Gasteiger charge is 2.06. The van der Waals surface area contributed by atoms with Crippen LogP contribution in [0, 0.1) is 0 Å². The van der Waals surface area contributed by atoms with E-state index in [0.717, 1.165) is 12.0 Å². The Morgan fingerprint density at radius 3 is 2.53 bits per heavy atom. The van der Waals surface area contributed by atoms with Gasteiger partial charge in [-0.25, -0.2) is 0 Å². The van der Waals surface area contributed by atoms with E-state index < -0.39 is 0 Å². The van der Waals surface area contributed by atoms with Gasteiger partial charge in [-0.15, -0.1) is 10.2 Å². The molecule has 1 amide bonds. The van der Waals surface area contributed by atoms with Crippen molar-refractivity contribution in [2.75, 3.05) is 12.3 Å². The summed E-state index contributed by atoms with van der Waals surface area (Å²) < 4.78 is 0. The van der Waals surface area contributed by atoms with Crippen molar-refractivity contribution in [3.8, 4) is 0 Å². The lowest BCUT2D eigenvalue weighted by atomic mass is 10.1. The zero-order chi connectivity index (χ0) is 13.7. The van der Waals surface area contributed by atoms with Crippen LogP contribution in [0.4, 0.5) is 5.82 Å². The SMILES string of the molecule is Nc1ccc(C(=O)NCCc2ccc(Cl)cc2)nn1. The van der Waals surface area contributed by atoms with Crippen LogP contribution in [0.25, 0.3) is 0 Å². The maximum Gasteiger partial charge on any atom is 0.271 e. The van der Waals surface area contributed by atoms with Gasteiger partial charge in [0, 0.05) is 11.6 Å². The number of hydrogen-bond donors (Lipinski definition) is 2. The molecular weight excluding hydrogens is 264 g/mol. The minimum absolute atomic E-state index is 0.255. The highest BCUT2D eigenvalue weighted by molar-refractivity contribution is 6.30. The number of halogens is 1. The predicted octanol–water partition coefficient (Wildman–Crippen LogP) is 1.68. The van der Waals surface area contributed by atoms with Crippen LogP contribution in [0.15, 0.2) is 36.4 Å². The number of carbonyl (C=O) groups excluding carboxylic acids is 1. The van der Waals surface area contributed by atoms with Gasteiger partial charge >= 0.3 is 0 Å². The number of anilines is 1. The van der Waals surface area contributed by atoms with Crippen LogP contribution in [0.3, 0.4) is 0 Å². The van der Waals surface area contributed by atoms with Crippen molar-refractivity contribution in [2.45, 2.75) is 6.42 Å². The maximum absolute atomic E-state index is 11.7. The molecule has 0 spiro atoms. The molecule has 0 aliphatic carbocycles. The molecule has 3 N–H and O–H groups in total. The minimum atomic E-state index is -0.263. The molecule has 0 aliphatic heterocycles. The topological polar surface area (TPSA) is 80.9 Å². The number of nitrogens with zero attached hydrogens (tertiary/aromatic N) is 2. The number of benzene rings is 1. The van der Waals surface area contributed by atoms with Gasteiger partial charge in [0.05, 0.1) is 0 Å². The molecule has 0 saturated carbocycles. The summed E-state index contributed by atoms with van der Waals surface area (Å²) in [5.41, 5.74) is 6.76. The van der Waals surface area contributed by atoms with Crippen molar-refractivity contribution >= 4 is 23.3 Å². The molecule has 0 bridgehead atoms. The normalized spacial score (nSPS) is 10.2. The molecule has 1 aromatic carbocycles. The van der Waals surface area contributed by atoms with Crippen LogP contribution >= 0.6 is 11.6 Å². The molecule has 0 unspecified atom stereocenters. The third kappa shape index (κ3) is 3.93. The second-order valence-electron chi connectivity index (χ2n) is 3.98. The Morgan fingerprint density at radius 1 is 1.16 bits per heavy atom. The number of rotatable bonds is 4. The largest absolute Gasteiger partial charge is 0.382 e. The quantitative estimate of drug-likeness (QED) is 0.890. The molecule has 2 rings (SSSR count). The molecule has 19 heavy (non-hydrogen) atoms. The molecule has 5 nitrogen and oxygen atoms in total. The summed E-state index contributed by atoms with van der Waals surface area (Å²) in [4.78, 5) is 11.7. The van der Waals surface area contributed by atoms with Gasteiger partial charge in [-0.2, -0.15) is 0 Å². The van der Waals surface area contributed by atoms with E-state index in [4.69, 9.17) is 17.3 Å². The standard InChI is InChI=1S/C13H13ClN4O/c14-10-3-1-9(2-4-10)7-8-16-13(19)11-5-6-12(15)18-17-11/h1-6H,7-8H2,(H2,15,18)(H,16,19). The number of nitrogens with one attached hydrogen (secondary N) is 1. The first-order valence-corrected chi connectivity index (χ1v) is 6.15. The minimum Gasteiger partial charge on any atom is -0.382 e. The number of nitrogen functional groups attached to an aromatic ring is 1. The van der Waals surface area contributed by atoms with Gasteiger partial charge in [-0.1, -0.05) is 23.7 Å². The van der Waals surface area contributed by atoms with Crippen LogP contribution in [-0.2, 0) is 6.42 Å². The predicted molar refractivity (Wildman–Crippen MR) is 73.9 cm³/mol. The molecule has 1 heterocycles. The Morgan fingerprint density at radius 2 is 1.89 bits per heavy atom. The number of carbonyl (C=O) groups is 1. The van der Waals surface area contributed by atoms with E-state index in [1.54, 1.807) is 12.1 Å². The fourth-order valence-corrected chi connectivity index (χ4v) is 1.65. The summed E-state index contributed by atoms with van der Waals surface area (Å²) in [5.74, 6) is 0.0270. The molecule has 1 aromatic heterocycles. The van der Waals surface area contributed by atoms with Crippen molar-refractivity contribution in [1.29, 1.82) is 0 Å². The van der Waals surface area contributed by atoms with Gasteiger partial charge in [-0.05, 0) is 36.2 Å². The van der Waals surface area contributed by atoms with Crippen molar-refractivity contribution in [1.82, 2.24) is 15.5 Å². The Hall–Kier alpha value is -2.14. The average molecular weight is 277 g/mol. The number of hydrogen-bond acceptors (Lipinski definition) is 4. The van der Waals surface area contributed by atoms with Gasteiger partial charge in [0.1, 0.15) is 5.82 Å². The lowest BCUT2D eigenvalue weighted by Gasteiger charge is -2.04. The summed E-state index contributed by atoms with van der Waals surface area (Å²) >= 11 is 5.79. The van der Waals surface area contributed by atoms with Gasteiger partial charge in [0.25, 0.3) is 5.91 Å². The molecule has 98 valence electrons. The fourth-order valence-electron chi connectivity index (χ4n) is 1.53. The lowest BCUT2D eigenvalue weighted by Crippen LogP contribution is -2.26. The first-order chi connectivity index (χ1) is 9.15. The van der Waals surface area contributed by atoms with Gasteiger partial charge < -0.3 is 11.1 Å². The van der Waals surface area contributed by atoms with Crippen molar-refractivity contribution in [3.63, 3.8) is 0 Å². The smallest absolute Gasteiger partial charge is 0.271 e. The monoisotopic (exact) mass is 276 g/mol. The molecule has 0 aliphatic rings. The molecular formula is C13H13ClN4O. The molecule has 0 atom stereocenters. The first-order valence-electron chi connectivity index (χ1n) is 5.77. The van der Waals surface area contributed by atoms with E-state index in [1.807, 2.05) is 24.3 Å². The molecule has 0 radical (unpaired) electrons. The summed E-state index contributed by atoms with van der Waals surface area (Å²) in [6.07, 6.45) is 0.727.